The molecule has 148 valence electrons. The third kappa shape index (κ3) is 8.74. The Morgan fingerprint density at radius 1 is 1.33 bits per heavy atom. The summed E-state index contributed by atoms with van der Waals surface area (Å²) in [7, 11) is 0. The van der Waals surface area contributed by atoms with Crippen LogP contribution in [0.25, 0.3) is 0 Å². The zero-order valence-electron chi connectivity index (χ0n) is 15.5. The number of nitrogens with one attached hydrogen (secondary N) is 3. The average Bonchev–Trinajstić information content (AvgIpc) is 3.13. The number of aryl methyl sites for hydroxylation is 2. The predicted molar refractivity (Wildman–Crippen MR) is 124 cm³/mol. The van der Waals surface area contributed by atoms with Crippen LogP contribution in [0.2, 0.25) is 0 Å². The fraction of sp³-hybridized carbons (Fsp3) is 0.389. The molecule has 2 aromatic rings. The number of anilines is 1. The molecule has 0 aliphatic rings. The molecule has 1 aromatic carbocycles. The quantitative estimate of drug-likeness (QED) is 0.205. The van der Waals surface area contributed by atoms with Crippen molar-refractivity contribution in [1.29, 1.82) is 0 Å². The first kappa shape index (κ1) is 23.4. The maximum absolute atomic E-state index is 12.2. The minimum Gasteiger partial charge on any atom is -0.357 e. The Bertz CT molecular complexity index is 735. The van der Waals surface area contributed by atoms with Gasteiger partial charge >= 0.3 is 0 Å². The second-order valence-corrected chi connectivity index (χ2v) is 6.67. The van der Waals surface area contributed by atoms with Gasteiger partial charge in [0.2, 0.25) is 5.91 Å². The number of guanidine groups is 1. The van der Waals surface area contributed by atoms with Gasteiger partial charge in [0.05, 0.1) is 0 Å². The van der Waals surface area contributed by atoms with Crippen LogP contribution in [0.15, 0.2) is 46.1 Å². The molecular weight excluding hydrogens is 523 g/mol. The van der Waals surface area contributed by atoms with Crippen molar-refractivity contribution >= 4 is 57.5 Å². The summed E-state index contributed by atoms with van der Waals surface area (Å²) in [6.07, 6.45) is 4.62. The first-order valence-corrected chi connectivity index (χ1v) is 9.43. The van der Waals surface area contributed by atoms with Crippen LogP contribution >= 0.6 is 39.9 Å². The standard InChI is InChI=1S/C18H25BrN6O.HI/c1-3-20-18(21-8-4-10-25-11-5-9-23-25)22-13-17(26)24-16-12-15(19)7-6-14(16)2;/h5-7,9,11-12H,3-4,8,10,13H2,1-2H3,(H,24,26)(H2,20,21,22);1H. The van der Waals surface area contributed by atoms with E-state index in [4.69, 9.17) is 0 Å². The van der Waals surface area contributed by atoms with E-state index in [1.807, 2.05) is 49.0 Å². The first-order valence-electron chi connectivity index (χ1n) is 8.64. The van der Waals surface area contributed by atoms with Crippen molar-refractivity contribution in [2.45, 2.75) is 26.8 Å². The summed E-state index contributed by atoms with van der Waals surface area (Å²) < 4.78 is 2.81. The zero-order chi connectivity index (χ0) is 18.8. The highest BCUT2D eigenvalue weighted by Crippen LogP contribution is 2.20. The highest BCUT2D eigenvalue weighted by molar-refractivity contribution is 14.0. The van der Waals surface area contributed by atoms with Gasteiger partial charge in [-0.2, -0.15) is 5.10 Å². The van der Waals surface area contributed by atoms with Gasteiger partial charge in [-0.25, -0.2) is 4.99 Å². The zero-order valence-corrected chi connectivity index (χ0v) is 19.5. The number of carbonyl (C=O) groups excluding carboxylic acids is 1. The summed E-state index contributed by atoms with van der Waals surface area (Å²) in [6, 6.07) is 7.69. The normalized spacial score (nSPS) is 10.9. The Kier molecular flexibility index (Phi) is 11.0. The van der Waals surface area contributed by atoms with Gasteiger partial charge in [-0.1, -0.05) is 22.0 Å². The number of aliphatic imine (C=N–C) groups is 1. The van der Waals surface area contributed by atoms with Crippen molar-refractivity contribution in [1.82, 2.24) is 20.4 Å². The summed E-state index contributed by atoms with van der Waals surface area (Å²) in [5.41, 5.74) is 1.80. The largest absolute Gasteiger partial charge is 0.357 e. The van der Waals surface area contributed by atoms with Gasteiger partial charge in [-0.3, -0.25) is 9.48 Å². The lowest BCUT2D eigenvalue weighted by molar-refractivity contribution is -0.114. The Morgan fingerprint density at radius 3 is 2.85 bits per heavy atom. The Balaban J connectivity index is 0.00000364. The van der Waals surface area contributed by atoms with Crippen molar-refractivity contribution in [3.8, 4) is 0 Å². The smallest absolute Gasteiger partial charge is 0.246 e. The number of aromatic nitrogens is 2. The minimum atomic E-state index is -0.153. The molecule has 9 heteroatoms. The Hall–Kier alpha value is -1.62. The highest BCUT2D eigenvalue weighted by atomic mass is 127. The van der Waals surface area contributed by atoms with E-state index < -0.39 is 0 Å². The molecule has 0 radical (unpaired) electrons. The molecule has 0 unspecified atom stereocenters. The third-order valence-electron chi connectivity index (χ3n) is 3.61. The highest BCUT2D eigenvalue weighted by Gasteiger charge is 2.06. The molecule has 0 saturated heterocycles. The summed E-state index contributed by atoms with van der Waals surface area (Å²) in [6.45, 7) is 6.32. The molecule has 0 aliphatic heterocycles. The number of carbonyl (C=O) groups is 1. The molecule has 1 heterocycles. The maximum Gasteiger partial charge on any atom is 0.246 e. The second kappa shape index (κ2) is 12.7. The van der Waals surface area contributed by atoms with Gasteiger partial charge in [-0.15, -0.1) is 24.0 Å². The maximum atomic E-state index is 12.2. The number of amides is 1. The number of benzene rings is 1. The molecular formula is C18H26BrIN6O. The topological polar surface area (TPSA) is 83.3 Å². The van der Waals surface area contributed by atoms with E-state index in [-0.39, 0.29) is 36.4 Å². The number of hydrogen-bond donors (Lipinski definition) is 3. The predicted octanol–water partition coefficient (Wildman–Crippen LogP) is 3.16. The summed E-state index contributed by atoms with van der Waals surface area (Å²) >= 11 is 3.41. The SMILES string of the molecule is CCNC(=NCC(=O)Nc1cc(Br)ccc1C)NCCCn1cccn1.I. The summed E-state index contributed by atoms with van der Waals surface area (Å²) in [4.78, 5) is 16.5. The third-order valence-corrected chi connectivity index (χ3v) is 4.11. The van der Waals surface area contributed by atoms with Crippen LogP contribution in [0.4, 0.5) is 5.69 Å². The lowest BCUT2D eigenvalue weighted by Gasteiger charge is -2.12. The molecule has 2 rings (SSSR count). The molecule has 0 aliphatic carbocycles. The monoisotopic (exact) mass is 548 g/mol. The van der Waals surface area contributed by atoms with Crippen molar-refractivity contribution in [2.24, 2.45) is 4.99 Å². The molecule has 0 bridgehead atoms. The van der Waals surface area contributed by atoms with Crippen molar-refractivity contribution in [3.63, 3.8) is 0 Å². The van der Waals surface area contributed by atoms with Crippen LogP contribution < -0.4 is 16.0 Å². The number of rotatable bonds is 8. The van der Waals surface area contributed by atoms with Crippen LogP contribution in [0, 0.1) is 6.92 Å². The average molecular weight is 549 g/mol. The van der Waals surface area contributed by atoms with Crippen LogP contribution in [0.5, 0.6) is 0 Å². The van der Waals surface area contributed by atoms with Gasteiger partial charge in [0.15, 0.2) is 5.96 Å². The van der Waals surface area contributed by atoms with Crippen LogP contribution in [-0.2, 0) is 11.3 Å². The van der Waals surface area contributed by atoms with Crippen LogP contribution in [-0.4, -0.2) is 41.3 Å². The van der Waals surface area contributed by atoms with Gasteiger partial charge in [0, 0.05) is 42.2 Å². The molecule has 0 atom stereocenters. The molecule has 0 spiro atoms. The van der Waals surface area contributed by atoms with E-state index in [0.717, 1.165) is 41.8 Å². The number of nitrogens with zero attached hydrogens (tertiary/aromatic N) is 3. The fourth-order valence-electron chi connectivity index (χ4n) is 2.29. The molecule has 1 aromatic heterocycles. The van der Waals surface area contributed by atoms with E-state index in [9.17, 15) is 4.79 Å². The van der Waals surface area contributed by atoms with Crippen molar-refractivity contribution in [3.05, 3.63) is 46.7 Å². The lowest BCUT2D eigenvalue weighted by Crippen LogP contribution is -2.38. The molecule has 0 saturated carbocycles. The van der Waals surface area contributed by atoms with E-state index >= 15 is 0 Å². The number of halogens is 2. The van der Waals surface area contributed by atoms with Crippen molar-refractivity contribution in [2.75, 3.05) is 25.0 Å². The van der Waals surface area contributed by atoms with E-state index in [0.29, 0.717) is 5.96 Å². The van der Waals surface area contributed by atoms with Gasteiger partial charge < -0.3 is 16.0 Å². The molecule has 7 nitrogen and oxygen atoms in total. The van der Waals surface area contributed by atoms with Crippen LogP contribution in [0.3, 0.4) is 0 Å². The minimum absolute atomic E-state index is 0. The van der Waals surface area contributed by atoms with Gasteiger partial charge in [0.25, 0.3) is 0 Å². The van der Waals surface area contributed by atoms with Crippen molar-refractivity contribution < 1.29 is 4.79 Å². The molecule has 27 heavy (non-hydrogen) atoms. The summed E-state index contributed by atoms with van der Waals surface area (Å²) in [5, 5.41) is 13.4. The first-order chi connectivity index (χ1) is 12.6. The van der Waals surface area contributed by atoms with E-state index in [2.05, 4.69) is 42.0 Å². The van der Waals surface area contributed by atoms with Gasteiger partial charge in [-0.05, 0) is 44.0 Å². The van der Waals surface area contributed by atoms with E-state index in [1.165, 1.54) is 0 Å². The molecule has 1 amide bonds. The van der Waals surface area contributed by atoms with Crippen LogP contribution in [0.1, 0.15) is 18.9 Å². The van der Waals surface area contributed by atoms with Gasteiger partial charge in [0.1, 0.15) is 6.54 Å². The van der Waals surface area contributed by atoms with E-state index in [1.54, 1.807) is 6.20 Å². The fourth-order valence-corrected chi connectivity index (χ4v) is 2.65. The molecule has 3 N–H and O–H groups in total. The Morgan fingerprint density at radius 2 is 2.15 bits per heavy atom. The number of hydrogen-bond acceptors (Lipinski definition) is 3. The second-order valence-electron chi connectivity index (χ2n) is 5.75. The molecule has 0 fully saturated rings. The lowest BCUT2D eigenvalue weighted by atomic mass is 10.2. The Labute approximate surface area is 185 Å². The summed E-state index contributed by atoms with van der Waals surface area (Å²) in [5.74, 6) is 0.481.